The summed E-state index contributed by atoms with van der Waals surface area (Å²) in [4.78, 5) is 15.8. The van der Waals surface area contributed by atoms with Crippen LogP contribution in [0.1, 0.15) is 11.3 Å². The Morgan fingerprint density at radius 1 is 1.12 bits per heavy atom. The molecule has 4 aromatic rings. The van der Waals surface area contributed by atoms with Gasteiger partial charge in [0, 0.05) is 27.5 Å². The number of aryl methyl sites for hydroxylation is 1. The van der Waals surface area contributed by atoms with E-state index in [1.54, 1.807) is 0 Å². The van der Waals surface area contributed by atoms with E-state index in [0.29, 0.717) is 5.15 Å². The summed E-state index contributed by atoms with van der Waals surface area (Å²) in [7, 11) is 0. The molecule has 4 nitrogen and oxygen atoms in total. The molecule has 0 amide bonds. The maximum atomic E-state index is 11.4. The van der Waals surface area contributed by atoms with Crippen LogP contribution in [0.25, 0.3) is 32.9 Å². The van der Waals surface area contributed by atoms with Gasteiger partial charge < -0.3 is 9.67 Å². The quantitative estimate of drug-likeness (QED) is 0.507. The average molecular weight is 365 g/mol. The van der Waals surface area contributed by atoms with E-state index in [1.807, 2.05) is 60.9 Å². The van der Waals surface area contributed by atoms with E-state index in [9.17, 15) is 9.90 Å². The lowest BCUT2D eigenvalue weighted by Gasteiger charge is -2.09. The lowest BCUT2D eigenvalue weighted by molar-refractivity contribution is -0.137. The summed E-state index contributed by atoms with van der Waals surface area (Å²) < 4.78 is 1.84. The zero-order chi connectivity index (χ0) is 18.4. The Labute approximate surface area is 155 Å². The highest BCUT2D eigenvalue weighted by Crippen LogP contribution is 2.39. The summed E-state index contributed by atoms with van der Waals surface area (Å²) in [5.41, 5.74) is 5.73. The second-order valence-corrected chi connectivity index (χ2v) is 6.86. The number of fused-ring (bicyclic) bond motifs is 2. The summed E-state index contributed by atoms with van der Waals surface area (Å²) in [5.74, 6) is -0.866. The Balaban J connectivity index is 2.14. The van der Waals surface area contributed by atoms with Gasteiger partial charge in [0.1, 0.15) is 11.7 Å². The first-order chi connectivity index (χ1) is 12.5. The van der Waals surface area contributed by atoms with Crippen LogP contribution < -0.4 is 0 Å². The molecule has 2 aromatic carbocycles. The molecule has 4 rings (SSSR count). The fourth-order valence-electron chi connectivity index (χ4n) is 3.62. The average Bonchev–Trinajstić information content (AvgIpc) is 2.85. The van der Waals surface area contributed by atoms with Crippen molar-refractivity contribution in [2.75, 3.05) is 0 Å². The molecule has 0 fully saturated rings. The second kappa shape index (κ2) is 6.15. The first-order valence-corrected chi connectivity index (χ1v) is 8.70. The predicted molar refractivity (Wildman–Crippen MR) is 105 cm³/mol. The van der Waals surface area contributed by atoms with Crippen LogP contribution in [-0.4, -0.2) is 20.6 Å². The van der Waals surface area contributed by atoms with Gasteiger partial charge in [-0.15, -0.1) is 0 Å². The Hall–Kier alpha value is -2.85. The molecule has 0 bridgehead atoms. The zero-order valence-corrected chi connectivity index (χ0v) is 15.2. The molecule has 5 heteroatoms. The number of carbonyl (C=O) groups is 1. The minimum atomic E-state index is -0.866. The molecule has 2 aromatic heterocycles. The first-order valence-electron chi connectivity index (χ1n) is 8.32. The van der Waals surface area contributed by atoms with E-state index in [4.69, 9.17) is 11.6 Å². The third-order valence-corrected chi connectivity index (χ3v) is 4.92. The molecule has 2 heterocycles. The van der Waals surface area contributed by atoms with Crippen molar-refractivity contribution in [3.63, 3.8) is 0 Å². The molecule has 0 saturated heterocycles. The Morgan fingerprint density at radius 3 is 2.65 bits per heavy atom. The predicted octanol–water partition coefficient (Wildman–Crippen LogP) is 5.21. The van der Waals surface area contributed by atoms with Crippen LogP contribution in [0.4, 0.5) is 0 Å². The molecule has 0 spiro atoms. The summed E-state index contributed by atoms with van der Waals surface area (Å²) in [6.45, 7) is 3.91. The minimum absolute atomic E-state index is 0.0812. The first kappa shape index (κ1) is 16.6. The summed E-state index contributed by atoms with van der Waals surface area (Å²) >= 11 is 6.29. The van der Waals surface area contributed by atoms with E-state index in [2.05, 4.69) is 11.1 Å². The maximum Gasteiger partial charge on any atom is 0.323 e. The lowest BCUT2D eigenvalue weighted by atomic mass is 9.98. The number of rotatable bonds is 3. The van der Waals surface area contributed by atoms with Gasteiger partial charge in [0.25, 0.3) is 0 Å². The molecule has 26 heavy (non-hydrogen) atoms. The number of aliphatic carboxylic acids is 1. The molecule has 0 radical (unpaired) electrons. The Kier molecular flexibility index (Phi) is 3.93. The standard InChI is InChI=1S/C21H17ClN2O2/c1-12-7-8-18-16(9-12)21(13(2)24(18)11-20(25)26)15-10-19(22)23-17-6-4-3-5-14(15)17/h3-10H,11H2,1-2H3,(H,25,26). The van der Waals surface area contributed by atoms with Crippen molar-refractivity contribution in [2.24, 2.45) is 0 Å². The van der Waals surface area contributed by atoms with Crippen molar-refractivity contribution >= 4 is 39.4 Å². The molecule has 0 aliphatic heterocycles. The van der Waals surface area contributed by atoms with Gasteiger partial charge in [-0.05, 0) is 43.7 Å². The van der Waals surface area contributed by atoms with Crippen LogP contribution in [0, 0.1) is 13.8 Å². The van der Waals surface area contributed by atoms with E-state index < -0.39 is 5.97 Å². The SMILES string of the molecule is Cc1ccc2c(c1)c(-c1cc(Cl)nc3ccccc13)c(C)n2CC(=O)O. The Bertz CT molecular complexity index is 1180. The summed E-state index contributed by atoms with van der Waals surface area (Å²) in [5, 5.41) is 11.8. The Morgan fingerprint density at radius 2 is 1.88 bits per heavy atom. The number of carboxylic acids is 1. The molecule has 0 saturated carbocycles. The summed E-state index contributed by atoms with van der Waals surface area (Å²) in [6.07, 6.45) is 0. The van der Waals surface area contributed by atoms with Gasteiger partial charge in [0.05, 0.1) is 5.52 Å². The largest absolute Gasteiger partial charge is 0.480 e. The third kappa shape index (κ3) is 2.63. The molecule has 0 aliphatic carbocycles. The highest BCUT2D eigenvalue weighted by atomic mass is 35.5. The van der Waals surface area contributed by atoms with Crippen LogP contribution in [-0.2, 0) is 11.3 Å². The smallest absolute Gasteiger partial charge is 0.323 e. The summed E-state index contributed by atoms with van der Waals surface area (Å²) in [6, 6.07) is 15.8. The van der Waals surface area contributed by atoms with Crippen LogP contribution in [0.2, 0.25) is 5.15 Å². The molecule has 0 unspecified atom stereocenters. The van der Waals surface area contributed by atoms with Gasteiger partial charge in [-0.1, -0.05) is 41.4 Å². The fraction of sp³-hybridized carbons (Fsp3) is 0.143. The normalized spacial score (nSPS) is 11.3. The van der Waals surface area contributed by atoms with Crippen LogP contribution in [0.15, 0.2) is 48.5 Å². The highest BCUT2D eigenvalue weighted by molar-refractivity contribution is 6.30. The number of benzene rings is 2. The maximum absolute atomic E-state index is 11.4. The van der Waals surface area contributed by atoms with Crippen molar-refractivity contribution in [2.45, 2.75) is 20.4 Å². The number of hydrogen-bond donors (Lipinski definition) is 1. The number of hydrogen-bond acceptors (Lipinski definition) is 2. The van der Waals surface area contributed by atoms with Gasteiger partial charge in [0.2, 0.25) is 0 Å². The number of carboxylic acid groups (broad SMARTS) is 1. The topological polar surface area (TPSA) is 55.1 Å². The van der Waals surface area contributed by atoms with E-state index in [-0.39, 0.29) is 6.54 Å². The van der Waals surface area contributed by atoms with Crippen molar-refractivity contribution in [3.05, 3.63) is 64.9 Å². The van der Waals surface area contributed by atoms with Gasteiger partial charge >= 0.3 is 5.97 Å². The van der Waals surface area contributed by atoms with Crippen molar-refractivity contribution < 1.29 is 9.90 Å². The molecule has 1 N–H and O–H groups in total. The fourth-order valence-corrected chi connectivity index (χ4v) is 3.83. The lowest BCUT2D eigenvalue weighted by Crippen LogP contribution is -2.09. The van der Waals surface area contributed by atoms with Crippen LogP contribution in [0.5, 0.6) is 0 Å². The zero-order valence-electron chi connectivity index (χ0n) is 14.5. The number of para-hydroxylation sites is 1. The number of pyridine rings is 1. The molecular weight excluding hydrogens is 348 g/mol. The van der Waals surface area contributed by atoms with Crippen LogP contribution in [0.3, 0.4) is 0 Å². The van der Waals surface area contributed by atoms with Gasteiger partial charge in [-0.25, -0.2) is 4.98 Å². The number of halogens is 1. The van der Waals surface area contributed by atoms with Gasteiger partial charge in [-0.2, -0.15) is 0 Å². The molecule has 0 aliphatic rings. The number of aromatic nitrogens is 2. The van der Waals surface area contributed by atoms with Crippen molar-refractivity contribution in [3.8, 4) is 11.1 Å². The molecule has 0 atom stereocenters. The highest BCUT2D eigenvalue weighted by Gasteiger charge is 2.19. The minimum Gasteiger partial charge on any atom is -0.480 e. The van der Waals surface area contributed by atoms with Gasteiger partial charge in [-0.3, -0.25) is 4.79 Å². The third-order valence-electron chi connectivity index (χ3n) is 4.73. The van der Waals surface area contributed by atoms with Gasteiger partial charge in [0.15, 0.2) is 0 Å². The van der Waals surface area contributed by atoms with Crippen molar-refractivity contribution in [1.82, 2.24) is 9.55 Å². The van der Waals surface area contributed by atoms with E-state index in [0.717, 1.165) is 44.2 Å². The molecule has 130 valence electrons. The van der Waals surface area contributed by atoms with Crippen molar-refractivity contribution in [1.29, 1.82) is 0 Å². The molecular formula is C21H17ClN2O2. The van der Waals surface area contributed by atoms with E-state index >= 15 is 0 Å². The van der Waals surface area contributed by atoms with E-state index in [1.165, 1.54) is 0 Å². The monoisotopic (exact) mass is 364 g/mol. The number of nitrogens with zero attached hydrogens (tertiary/aromatic N) is 2. The second-order valence-electron chi connectivity index (χ2n) is 6.47. The van der Waals surface area contributed by atoms with Crippen LogP contribution >= 0.6 is 11.6 Å².